The number of rotatable bonds is 3. The summed E-state index contributed by atoms with van der Waals surface area (Å²) in [5, 5.41) is 7.41. The van der Waals surface area contributed by atoms with E-state index in [9.17, 15) is 0 Å². The van der Waals surface area contributed by atoms with Crippen LogP contribution in [-0.2, 0) is 0 Å². The van der Waals surface area contributed by atoms with E-state index < -0.39 is 0 Å². The van der Waals surface area contributed by atoms with E-state index in [1.54, 1.807) is 0 Å². The van der Waals surface area contributed by atoms with Crippen LogP contribution in [0.25, 0.3) is 82.4 Å². The molecule has 1 aliphatic heterocycles. The van der Waals surface area contributed by atoms with E-state index in [0.717, 1.165) is 22.7 Å². The number of hydrogen-bond acceptors (Lipinski definition) is 1. The van der Waals surface area contributed by atoms with Crippen LogP contribution in [0.15, 0.2) is 164 Å². The van der Waals surface area contributed by atoms with Crippen molar-refractivity contribution in [2.75, 3.05) is 0 Å². The molecule has 1 aliphatic rings. The van der Waals surface area contributed by atoms with Crippen molar-refractivity contribution in [3.05, 3.63) is 164 Å². The first kappa shape index (κ1) is 25.2. The summed E-state index contributed by atoms with van der Waals surface area (Å²) in [5.41, 5.74) is 10.8. The van der Waals surface area contributed by atoms with Gasteiger partial charge >= 0.3 is 0 Å². The summed E-state index contributed by atoms with van der Waals surface area (Å²) >= 11 is 0. The van der Waals surface area contributed by atoms with Crippen LogP contribution >= 0.6 is 0 Å². The molecule has 1 aromatic heterocycles. The Morgan fingerprint density at radius 2 is 1.13 bits per heavy atom. The Bertz CT molecular complexity index is 2660. The van der Waals surface area contributed by atoms with Gasteiger partial charge in [-0.15, -0.1) is 0 Å². The van der Waals surface area contributed by atoms with Crippen LogP contribution in [0.3, 0.4) is 0 Å². The third kappa shape index (κ3) is 3.65. The molecule has 0 saturated heterocycles. The van der Waals surface area contributed by atoms with E-state index >= 15 is 0 Å². The first-order valence-corrected chi connectivity index (χ1v) is 15.8. The number of para-hydroxylation sites is 2. The van der Waals surface area contributed by atoms with Gasteiger partial charge in [0, 0.05) is 32.8 Å². The third-order valence-corrected chi connectivity index (χ3v) is 9.57. The fraction of sp³-hybridized carbons (Fsp3) is 0. The Balaban J connectivity index is 1.17. The zero-order chi connectivity index (χ0) is 30.2. The molecule has 46 heavy (non-hydrogen) atoms. The number of nitrogens with zero attached hydrogens (tertiary/aromatic N) is 1. The minimum Gasteiger partial charge on any atom is -0.456 e. The highest BCUT2D eigenvalue weighted by Crippen LogP contribution is 2.48. The zero-order valence-corrected chi connectivity index (χ0v) is 24.9. The van der Waals surface area contributed by atoms with Gasteiger partial charge in [0.25, 0.3) is 0 Å². The molecule has 0 amide bonds. The van der Waals surface area contributed by atoms with Crippen LogP contribution in [-0.4, -0.2) is 4.57 Å². The monoisotopic (exact) mass is 585 g/mol. The van der Waals surface area contributed by atoms with Crippen molar-refractivity contribution in [2.24, 2.45) is 0 Å². The molecule has 0 spiro atoms. The molecule has 9 aromatic rings. The van der Waals surface area contributed by atoms with Crippen molar-refractivity contribution in [3.8, 4) is 50.6 Å². The summed E-state index contributed by atoms with van der Waals surface area (Å²) in [6.45, 7) is 0. The second-order valence-electron chi connectivity index (χ2n) is 12.1. The second-order valence-corrected chi connectivity index (χ2v) is 12.1. The summed E-state index contributed by atoms with van der Waals surface area (Å²) in [4.78, 5) is 0. The molecule has 214 valence electrons. The maximum Gasteiger partial charge on any atom is 0.135 e. The van der Waals surface area contributed by atoms with E-state index in [4.69, 9.17) is 4.74 Å². The van der Waals surface area contributed by atoms with Gasteiger partial charge in [0.05, 0.1) is 11.0 Å². The average Bonchev–Trinajstić information content (AvgIpc) is 3.46. The van der Waals surface area contributed by atoms with E-state index in [0.29, 0.717) is 0 Å². The smallest absolute Gasteiger partial charge is 0.135 e. The lowest BCUT2D eigenvalue weighted by molar-refractivity contribution is 0.487. The van der Waals surface area contributed by atoms with Gasteiger partial charge in [-0.05, 0) is 75.0 Å². The van der Waals surface area contributed by atoms with Gasteiger partial charge in [0.15, 0.2) is 0 Å². The van der Waals surface area contributed by atoms with E-state index in [-0.39, 0.29) is 0 Å². The van der Waals surface area contributed by atoms with Crippen LogP contribution in [0.5, 0.6) is 11.5 Å². The highest BCUT2D eigenvalue weighted by atomic mass is 16.5. The number of aromatic nitrogens is 1. The normalized spacial score (nSPS) is 12.1. The molecule has 0 saturated carbocycles. The summed E-state index contributed by atoms with van der Waals surface area (Å²) < 4.78 is 8.81. The van der Waals surface area contributed by atoms with Gasteiger partial charge in [0.1, 0.15) is 11.5 Å². The molecular formula is C44H27NO. The maximum absolute atomic E-state index is 6.37. The summed E-state index contributed by atoms with van der Waals surface area (Å²) in [5.74, 6) is 1.82. The summed E-state index contributed by atoms with van der Waals surface area (Å²) in [6, 6.07) is 59.0. The van der Waals surface area contributed by atoms with Crippen molar-refractivity contribution in [2.45, 2.75) is 0 Å². The molecule has 2 heterocycles. The number of fused-ring (bicyclic) bond motifs is 7. The number of benzene rings is 8. The predicted octanol–water partition coefficient (Wildman–Crippen LogP) is 12.2. The van der Waals surface area contributed by atoms with Crippen molar-refractivity contribution >= 4 is 43.4 Å². The molecule has 0 unspecified atom stereocenters. The van der Waals surface area contributed by atoms with Crippen LogP contribution in [0.4, 0.5) is 0 Å². The molecule has 0 atom stereocenters. The van der Waals surface area contributed by atoms with Crippen LogP contribution in [0, 0.1) is 0 Å². The van der Waals surface area contributed by atoms with Gasteiger partial charge in [-0.1, -0.05) is 127 Å². The number of hydrogen-bond donors (Lipinski definition) is 0. The topological polar surface area (TPSA) is 14.2 Å². The first-order valence-electron chi connectivity index (χ1n) is 15.8. The van der Waals surface area contributed by atoms with Crippen LogP contribution in [0.1, 0.15) is 0 Å². The molecule has 8 aromatic carbocycles. The first-order chi connectivity index (χ1) is 22.8. The second kappa shape index (κ2) is 9.69. The minimum absolute atomic E-state index is 0.911. The Labute approximate surface area is 266 Å². The Hall–Kier alpha value is -6.12. The summed E-state index contributed by atoms with van der Waals surface area (Å²) in [7, 11) is 0. The SMILES string of the molecule is c1ccc(-n2c3cc(-c4cccc(-c5ccc6c7c(cccc57)-c5ccccc5O6)c4)ccc3c3ccc4ccccc4c32)cc1. The van der Waals surface area contributed by atoms with Crippen molar-refractivity contribution in [1.82, 2.24) is 4.57 Å². The van der Waals surface area contributed by atoms with Crippen LogP contribution < -0.4 is 4.74 Å². The molecule has 2 heteroatoms. The highest BCUT2D eigenvalue weighted by Gasteiger charge is 2.21. The third-order valence-electron chi connectivity index (χ3n) is 9.57. The standard InChI is InChI=1S/C44H27NO/c1-2-13-32(14-3-1)45-40-27-30(21-22-35(40)39-23-20-28-10-4-5-15-34(28)44(39)45)29-11-8-12-31(26-29)33-24-25-42-43-37(33)17-9-18-38(43)36-16-6-7-19-41(36)46-42/h1-27H. The largest absolute Gasteiger partial charge is 0.456 e. The van der Waals surface area contributed by atoms with Gasteiger partial charge in [-0.3, -0.25) is 0 Å². The van der Waals surface area contributed by atoms with Gasteiger partial charge in [-0.25, -0.2) is 0 Å². The molecule has 0 aliphatic carbocycles. The predicted molar refractivity (Wildman–Crippen MR) is 192 cm³/mol. The maximum atomic E-state index is 6.37. The van der Waals surface area contributed by atoms with Gasteiger partial charge in [-0.2, -0.15) is 0 Å². The fourth-order valence-electron chi connectivity index (χ4n) is 7.50. The van der Waals surface area contributed by atoms with Crippen molar-refractivity contribution in [1.29, 1.82) is 0 Å². The van der Waals surface area contributed by atoms with Crippen molar-refractivity contribution in [3.63, 3.8) is 0 Å². The average molecular weight is 586 g/mol. The van der Waals surface area contributed by atoms with Gasteiger partial charge in [0.2, 0.25) is 0 Å². The van der Waals surface area contributed by atoms with Crippen molar-refractivity contribution < 1.29 is 4.74 Å². The molecular weight excluding hydrogens is 558 g/mol. The minimum atomic E-state index is 0.911. The Morgan fingerprint density at radius 1 is 0.391 bits per heavy atom. The molecule has 2 nitrogen and oxygen atoms in total. The Kier molecular flexibility index (Phi) is 5.31. The Morgan fingerprint density at radius 3 is 2.09 bits per heavy atom. The molecule has 10 rings (SSSR count). The summed E-state index contributed by atoms with van der Waals surface area (Å²) in [6.07, 6.45) is 0. The lowest BCUT2D eigenvalue weighted by atomic mass is 9.90. The molecule has 0 radical (unpaired) electrons. The quantitative estimate of drug-likeness (QED) is 0.201. The van der Waals surface area contributed by atoms with E-state index in [1.165, 1.54) is 71.2 Å². The van der Waals surface area contributed by atoms with E-state index in [2.05, 4.69) is 156 Å². The molecule has 0 fully saturated rings. The molecule has 0 bridgehead atoms. The lowest BCUT2D eigenvalue weighted by Crippen LogP contribution is -1.97. The van der Waals surface area contributed by atoms with Crippen LogP contribution in [0.2, 0.25) is 0 Å². The number of ether oxygens (including phenoxy) is 1. The van der Waals surface area contributed by atoms with E-state index in [1.807, 2.05) is 12.1 Å². The highest BCUT2D eigenvalue weighted by molar-refractivity contribution is 6.19. The zero-order valence-electron chi connectivity index (χ0n) is 24.9. The molecule has 0 N–H and O–H groups in total. The van der Waals surface area contributed by atoms with Gasteiger partial charge < -0.3 is 9.30 Å². The fourth-order valence-corrected chi connectivity index (χ4v) is 7.50. The lowest BCUT2D eigenvalue weighted by Gasteiger charge is -2.22.